The summed E-state index contributed by atoms with van der Waals surface area (Å²) >= 11 is 5.10. The third kappa shape index (κ3) is 5.44. The van der Waals surface area contributed by atoms with Gasteiger partial charge in [-0.05, 0) is 61.8 Å². The number of likely N-dealkylation sites (N-methyl/N-ethyl adjacent to an activating group) is 1. The largest absolute Gasteiger partial charge is 0.302 e. The zero-order chi connectivity index (χ0) is 21.0. The minimum atomic E-state index is 0.0959. The summed E-state index contributed by atoms with van der Waals surface area (Å²) in [5.74, 6) is 0.0959. The lowest BCUT2D eigenvalue weighted by Crippen LogP contribution is -2.39. The number of fused-ring (bicyclic) bond motifs is 1. The summed E-state index contributed by atoms with van der Waals surface area (Å²) in [6.45, 7) is 11.9. The lowest BCUT2D eigenvalue weighted by Gasteiger charge is -2.25. The van der Waals surface area contributed by atoms with E-state index in [1.165, 1.54) is 11.1 Å². The maximum absolute atomic E-state index is 13.3. The molecule has 0 atom stereocenters. The van der Waals surface area contributed by atoms with Crippen molar-refractivity contribution >= 4 is 48.5 Å². The molecule has 29 heavy (non-hydrogen) atoms. The number of benzene rings is 2. The van der Waals surface area contributed by atoms with Crippen LogP contribution < -0.4 is 4.90 Å². The number of rotatable bonds is 8. The number of hydrogen-bond donors (Lipinski definition) is 0. The van der Waals surface area contributed by atoms with E-state index in [0.717, 1.165) is 45.0 Å². The van der Waals surface area contributed by atoms with E-state index in [9.17, 15) is 4.79 Å². The van der Waals surface area contributed by atoms with Crippen LogP contribution in [0.5, 0.6) is 0 Å². The Morgan fingerprint density at radius 2 is 1.79 bits per heavy atom. The van der Waals surface area contributed by atoms with Crippen molar-refractivity contribution in [2.75, 3.05) is 31.1 Å². The van der Waals surface area contributed by atoms with Gasteiger partial charge < -0.3 is 4.90 Å². The Hall–Kier alpha value is -1.76. The fraction of sp³-hybridized carbons (Fsp3) is 0.391. The SMILES string of the molecule is CCN(CC)CCN(C(=O)Cc1ccc(C)c(C)c1)c1nc2ccc(Br)cc2s1. The van der Waals surface area contributed by atoms with E-state index in [-0.39, 0.29) is 5.91 Å². The highest BCUT2D eigenvalue weighted by Crippen LogP contribution is 2.31. The summed E-state index contributed by atoms with van der Waals surface area (Å²) in [5.41, 5.74) is 4.45. The number of hydrogen-bond acceptors (Lipinski definition) is 4. The number of halogens is 1. The van der Waals surface area contributed by atoms with Crippen molar-refractivity contribution in [1.82, 2.24) is 9.88 Å². The Labute approximate surface area is 185 Å². The molecule has 3 aromatic rings. The quantitative estimate of drug-likeness (QED) is 0.427. The minimum Gasteiger partial charge on any atom is -0.302 e. The van der Waals surface area contributed by atoms with E-state index in [4.69, 9.17) is 4.98 Å². The number of aryl methyl sites for hydroxylation is 2. The van der Waals surface area contributed by atoms with Crippen molar-refractivity contribution in [3.63, 3.8) is 0 Å². The topological polar surface area (TPSA) is 36.4 Å². The van der Waals surface area contributed by atoms with Gasteiger partial charge in [-0.3, -0.25) is 9.69 Å². The summed E-state index contributed by atoms with van der Waals surface area (Å²) in [7, 11) is 0. The van der Waals surface area contributed by atoms with Crippen molar-refractivity contribution < 1.29 is 4.79 Å². The Bertz CT molecular complexity index is 997. The predicted octanol–water partition coefficient (Wildman–Crippen LogP) is 5.59. The van der Waals surface area contributed by atoms with Crippen molar-refractivity contribution in [2.45, 2.75) is 34.1 Å². The Morgan fingerprint density at radius 3 is 2.48 bits per heavy atom. The van der Waals surface area contributed by atoms with Crippen LogP contribution in [-0.4, -0.2) is 42.0 Å². The molecule has 0 saturated carbocycles. The van der Waals surface area contributed by atoms with Gasteiger partial charge in [0.1, 0.15) is 0 Å². The highest BCUT2D eigenvalue weighted by molar-refractivity contribution is 9.10. The summed E-state index contributed by atoms with van der Waals surface area (Å²) < 4.78 is 2.11. The first kappa shape index (κ1) is 21.9. The van der Waals surface area contributed by atoms with E-state index in [1.54, 1.807) is 11.3 Å². The van der Waals surface area contributed by atoms with E-state index in [0.29, 0.717) is 13.0 Å². The first-order valence-corrected chi connectivity index (χ1v) is 11.7. The summed E-state index contributed by atoms with van der Waals surface area (Å²) in [5, 5.41) is 0.777. The minimum absolute atomic E-state index is 0.0959. The van der Waals surface area contributed by atoms with Gasteiger partial charge in [-0.1, -0.05) is 59.3 Å². The lowest BCUT2D eigenvalue weighted by molar-refractivity contribution is -0.118. The van der Waals surface area contributed by atoms with Crippen LogP contribution in [-0.2, 0) is 11.2 Å². The number of aromatic nitrogens is 1. The number of thiazole rings is 1. The molecule has 0 bridgehead atoms. The Kier molecular flexibility index (Phi) is 7.44. The molecule has 0 radical (unpaired) electrons. The number of amides is 1. The zero-order valence-corrected chi connectivity index (χ0v) is 19.9. The molecular formula is C23H28BrN3OS. The monoisotopic (exact) mass is 473 g/mol. The van der Waals surface area contributed by atoms with Gasteiger partial charge >= 0.3 is 0 Å². The molecule has 0 saturated heterocycles. The summed E-state index contributed by atoms with van der Waals surface area (Å²) in [6.07, 6.45) is 0.388. The zero-order valence-electron chi connectivity index (χ0n) is 17.5. The van der Waals surface area contributed by atoms with Gasteiger partial charge in [0.25, 0.3) is 0 Å². The molecular weight excluding hydrogens is 446 g/mol. The van der Waals surface area contributed by atoms with E-state index in [2.05, 4.69) is 72.8 Å². The normalized spacial score (nSPS) is 11.4. The summed E-state index contributed by atoms with van der Waals surface area (Å²) in [4.78, 5) is 22.3. The highest BCUT2D eigenvalue weighted by atomic mass is 79.9. The molecule has 1 amide bonds. The molecule has 3 rings (SSSR count). The Morgan fingerprint density at radius 1 is 1.03 bits per heavy atom. The molecule has 0 aliphatic carbocycles. The average Bonchev–Trinajstić information content (AvgIpc) is 3.10. The molecule has 154 valence electrons. The van der Waals surface area contributed by atoms with Crippen molar-refractivity contribution in [3.05, 3.63) is 57.6 Å². The number of carbonyl (C=O) groups excluding carboxylic acids is 1. The van der Waals surface area contributed by atoms with Crippen LogP contribution in [0.1, 0.15) is 30.5 Å². The third-order valence-corrected chi connectivity index (χ3v) is 6.87. The van der Waals surface area contributed by atoms with Gasteiger partial charge in [-0.25, -0.2) is 4.98 Å². The summed E-state index contributed by atoms with van der Waals surface area (Å²) in [6, 6.07) is 12.3. The first-order chi connectivity index (χ1) is 13.9. The van der Waals surface area contributed by atoms with Crippen LogP contribution >= 0.6 is 27.3 Å². The molecule has 0 N–H and O–H groups in total. The molecule has 4 nitrogen and oxygen atoms in total. The lowest BCUT2D eigenvalue weighted by atomic mass is 10.0. The Balaban J connectivity index is 1.88. The first-order valence-electron chi connectivity index (χ1n) is 10.1. The van der Waals surface area contributed by atoms with Crippen LogP contribution in [0.25, 0.3) is 10.2 Å². The van der Waals surface area contributed by atoms with Crippen molar-refractivity contribution in [2.24, 2.45) is 0 Å². The smallest absolute Gasteiger partial charge is 0.233 e. The molecule has 0 spiro atoms. The molecule has 1 heterocycles. The van der Waals surface area contributed by atoms with Crippen molar-refractivity contribution in [1.29, 1.82) is 0 Å². The van der Waals surface area contributed by atoms with Crippen LogP contribution in [0.3, 0.4) is 0 Å². The van der Waals surface area contributed by atoms with Crippen LogP contribution in [0.15, 0.2) is 40.9 Å². The average molecular weight is 474 g/mol. The maximum atomic E-state index is 13.3. The molecule has 0 unspecified atom stereocenters. The van der Waals surface area contributed by atoms with E-state index >= 15 is 0 Å². The van der Waals surface area contributed by atoms with Gasteiger partial charge in [0.15, 0.2) is 5.13 Å². The number of nitrogens with zero attached hydrogens (tertiary/aromatic N) is 3. The third-order valence-electron chi connectivity index (χ3n) is 5.33. The molecule has 1 aromatic heterocycles. The van der Waals surface area contributed by atoms with Crippen LogP contribution in [0.4, 0.5) is 5.13 Å². The van der Waals surface area contributed by atoms with E-state index < -0.39 is 0 Å². The maximum Gasteiger partial charge on any atom is 0.233 e. The molecule has 2 aromatic carbocycles. The fourth-order valence-electron chi connectivity index (χ4n) is 3.29. The predicted molar refractivity (Wildman–Crippen MR) is 127 cm³/mol. The number of anilines is 1. The molecule has 0 aliphatic rings. The molecule has 0 fully saturated rings. The second-order valence-corrected chi connectivity index (χ2v) is 9.20. The molecule has 6 heteroatoms. The van der Waals surface area contributed by atoms with Gasteiger partial charge in [0.05, 0.1) is 16.6 Å². The van der Waals surface area contributed by atoms with Gasteiger partial charge in [-0.2, -0.15) is 0 Å². The van der Waals surface area contributed by atoms with Crippen LogP contribution in [0.2, 0.25) is 0 Å². The van der Waals surface area contributed by atoms with Crippen LogP contribution in [0, 0.1) is 13.8 Å². The van der Waals surface area contributed by atoms with E-state index in [1.807, 2.05) is 17.0 Å². The van der Waals surface area contributed by atoms with Gasteiger partial charge in [-0.15, -0.1) is 0 Å². The fourth-order valence-corrected chi connectivity index (χ4v) is 4.85. The standard InChI is InChI=1S/C23H28BrN3OS/c1-5-26(6-2)11-12-27(22(28)14-18-8-7-16(3)17(4)13-18)23-25-20-10-9-19(24)15-21(20)29-23/h7-10,13,15H,5-6,11-12,14H2,1-4H3. The highest BCUT2D eigenvalue weighted by Gasteiger charge is 2.21. The molecule has 0 aliphatic heterocycles. The van der Waals surface area contributed by atoms with Gasteiger partial charge in [0.2, 0.25) is 5.91 Å². The second kappa shape index (κ2) is 9.83. The number of carbonyl (C=O) groups is 1. The van der Waals surface area contributed by atoms with Gasteiger partial charge in [0, 0.05) is 17.6 Å². The van der Waals surface area contributed by atoms with Crippen molar-refractivity contribution in [3.8, 4) is 0 Å². The second-order valence-electron chi connectivity index (χ2n) is 7.28.